The SMILES string of the molecule is CC1(C)C=CC=CC1C(=O)O.Cc1ccccc1C(=O)OOOC(C)(C)CC(C)O. The number of carbonyl (C=O) groups is 2. The van der Waals surface area contributed by atoms with Gasteiger partial charge < -0.3 is 10.2 Å². The molecule has 1 aliphatic carbocycles. The highest BCUT2D eigenvalue weighted by molar-refractivity contribution is 5.90. The zero-order valence-corrected chi connectivity index (χ0v) is 18.4. The standard InChI is InChI=1S/C14H20O5.C9H12O2/c1-10-7-5-6-8-12(10)13(16)17-19-18-14(3,4)9-11(2)15;1-9(2)6-4-3-5-7(9)8(10)11/h5-8,11,15H,9H2,1-4H3;3-7H,1-2H3,(H,10,11). The topological polar surface area (TPSA) is 102 Å². The van der Waals surface area contributed by atoms with E-state index in [-0.39, 0.29) is 11.3 Å². The molecule has 1 aromatic rings. The third-order valence-corrected chi connectivity index (χ3v) is 4.53. The number of hydrogen-bond acceptors (Lipinski definition) is 6. The van der Waals surface area contributed by atoms with Gasteiger partial charge in [-0.2, -0.15) is 4.89 Å². The quantitative estimate of drug-likeness (QED) is 0.498. The first-order valence-corrected chi connectivity index (χ1v) is 9.75. The number of aliphatic carboxylic acids is 1. The van der Waals surface area contributed by atoms with Crippen LogP contribution in [0.2, 0.25) is 0 Å². The summed E-state index contributed by atoms with van der Waals surface area (Å²) in [6.07, 6.45) is 7.14. The van der Waals surface area contributed by atoms with E-state index in [0.29, 0.717) is 12.0 Å². The number of aliphatic hydroxyl groups is 1. The minimum atomic E-state index is -0.754. The summed E-state index contributed by atoms with van der Waals surface area (Å²) in [5.41, 5.74) is 0.208. The van der Waals surface area contributed by atoms with Gasteiger partial charge in [0.15, 0.2) is 0 Å². The van der Waals surface area contributed by atoms with E-state index in [2.05, 4.69) is 9.93 Å². The number of aryl methyl sites for hydroxylation is 1. The van der Waals surface area contributed by atoms with Gasteiger partial charge in [-0.3, -0.25) is 9.68 Å². The van der Waals surface area contributed by atoms with Gasteiger partial charge in [0.25, 0.3) is 0 Å². The Bertz CT molecular complexity index is 776. The van der Waals surface area contributed by atoms with Crippen LogP contribution in [0.5, 0.6) is 0 Å². The van der Waals surface area contributed by atoms with Crippen LogP contribution in [0.1, 0.15) is 57.0 Å². The molecule has 7 nitrogen and oxygen atoms in total. The number of carbonyl (C=O) groups excluding carboxylic acids is 1. The lowest BCUT2D eigenvalue weighted by molar-refractivity contribution is -0.513. The number of hydrogen-bond donors (Lipinski definition) is 2. The van der Waals surface area contributed by atoms with E-state index < -0.39 is 23.6 Å². The summed E-state index contributed by atoms with van der Waals surface area (Å²) in [6, 6.07) is 7.01. The molecule has 0 bridgehead atoms. The van der Waals surface area contributed by atoms with Crippen molar-refractivity contribution in [3.63, 3.8) is 0 Å². The number of aliphatic hydroxyl groups excluding tert-OH is 1. The number of carboxylic acids is 1. The van der Waals surface area contributed by atoms with Crippen molar-refractivity contribution >= 4 is 11.9 Å². The van der Waals surface area contributed by atoms with Gasteiger partial charge in [-0.05, 0) is 49.8 Å². The van der Waals surface area contributed by atoms with Gasteiger partial charge in [0.05, 0.1) is 17.6 Å². The van der Waals surface area contributed by atoms with Gasteiger partial charge in [0, 0.05) is 6.42 Å². The molecule has 0 fully saturated rings. The molecular formula is C23H32O7. The molecule has 0 aromatic heterocycles. The van der Waals surface area contributed by atoms with E-state index in [1.54, 1.807) is 58.0 Å². The molecule has 2 rings (SSSR count). The van der Waals surface area contributed by atoms with E-state index in [1.807, 2.05) is 32.1 Å². The number of allylic oxidation sites excluding steroid dienone is 3. The van der Waals surface area contributed by atoms with Gasteiger partial charge in [-0.25, -0.2) is 4.79 Å². The van der Waals surface area contributed by atoms with E-state index in [0.717, 1.165) is 5.56 Å². The molecule has 2 atom stereocenters. The van der Waals surface area contributed by atoms with Crippen LogP contribution < -0.4 is 0 Å². The highest BCUT2D eigenvalue weighted by atomic mass is 17.5. The Labute approximate surface area is 177 Å². The maximum absolute atomic E-state index is 11.7. The summed E-state index contributed by atoms with van der Waals surface area (Å²) in [4.78, 5) is 31.9. The molecule has 0 heterocycles. The first-order chi connectivity index (χ1) is 13.9. The van der Waals surface area contributed by atoms with Crippen molar-refractivity contribution in [2.75, 3.05) is 0 Å². The molecule has 2 N–H and O–H groups in total. The zero-order chi connectivity index (χ0) is 22.9. The molecular weight excluding hydrogens is 388 g/mol. The molecule has 30 heavy (non-hydrogen) atoms. The molecule has 0 saturated heterocycles. The summed E-state index contributed by atoms with van der Waals surface area (Å²) in [5, 5.41) is 22.6. The van der Waals surface area contributed by atoms with E-state index in [4.69, 9.17) is 9.99 Å². The molecule has 0 aliphatic heterocycles. The summed E-state index contributed by atoms with van der Waals surface area (Å²) in [5.74, 6) is -1.76. The lowest BCUT2D eigenvalue weighted by atomic mass is 9.76. The molecule has 0 spiro atoms. The molecule has 0 saturated carbocycles. The van der Waals surface area contributed by atoms with Crippen molar-refractivity contribution in [3.8, 4) is 0 Å². The molecule has 7 heteroatoms. The molecule has 1 aliphatic rings. The van der Waals surface area contributed by atoms with Gasteiger partial charge in [-0.15, -0.1) is 0 Å². The Morgan fingerprint density at radius 1 is 1.20 bits per heavy atom. The Hall–Kier alpha value is -2.48. The maximum atomic E-state index is 11.7. The van der Waals surface area contributed by atoms with E-state index in [1.165, 1.54) is 0 Å². The second-order valence-electron chi connectivity index (χ2n) is 8.53. The van der Waals surface area contributed by atoms with E-state index >= 15 is 0 Å². The third-order valence-electron chi connectivity index (χ3n) is 4.53. The van der Waals surface area contributed by atoms with Crippen molar-refractivity contribution in [2.24, 2.45) is 11.3 Å². The van der Waals surface area contributed by atoms with Gasteiger partial charge in [-0.1, -0.05) is 56.4 Å². The average Bonchev–Trinajstić information content (AvgIpc) is 2.60. The van der Waals surface area contributed by atoms with Crippen molar-refractivity contribution in [1.29, 1.82) is 0 Å². The highest BCUT2D eigenvalue weighted by Gasteiger charge is 2.31. The Kier molecular flexibility index (Phi) is 9.42. The zero-order valence-electron chi connectivity index (χ0n) is 18.4. The molecule has 166 valence electrons. The summed E-state index contributed by atoms with van der Waals surface area (Å²) >= 11 is 0. The van der Waals surface area contributed by atoms with E-state index in [9.17, 15) is 14.7 Å². The van der Waals surface area contributed by atoms with Crippen LogP contribution in [0, 0.1) is 18.3 Å². The monoisotopic (exact) mass is 420 g/mol. The predicted octanol–water partition coefficient (Wildman–Crippen LogP) is 4.40. The van der Waals surface area contributed by atoms with Crippen LogP contribution in [0.15, 0.2) is 48.6 Å². The minimum absolute atomic E-state index is 0.249. The summed E-state index contributed by atoms with van der Waals surface area (Å²) < 4.78 is 0. The molecule has 0 amide bonds. The van der Waals surface area contributed by atoms with Crippen LogP contribution >= 0.6 is 0 Å². The fourth-order valence-corrected chi connectivity index (χ4v) is 2.96. The van der Waals surface area contributed by atoms with Crippen molar-refractivity contribution in [1.82, 2.24) is 0 Å². The van der Waals surface area contributed by atoms with Crippen molar-refractivity contribution in [3.05, 3.63) is 59.7 Å². The Morgan fingerprint density at radius 2 is 1.83 bits per heavy atom. The minimum Gasteiger partial charge on any atom is -0.481 e. The molecule has 1 aromatic carbocycles. The normalized spacial score (nSPS) is 18.2. The van der Waals surface area contributed by atoms with Gasteiger partial charge in [0.1, 0.15) is 5.60 Å². The second kappa shape index (κ2) is 11.1. The Morgan fingerprint density at radius 3 is 2.33 bits per heavy atom. The molecule has 0 radical (unpaired) electrons. The first-order valence-electron chi connectivity index (χ1n) is 9.75. The van der Waals surface area contributed by atoms with Crippen molar-refractivity contribution in [2.45, 2.75) is 59.7 Å². The molecule has 2 unspecified atom stereocenters. The van der Waals surface area contributed by atoms with Crippen LogP contribution in [0.3, 0.4) is 0 Å². The third kappa shape index (κ3) is 8.49. The number of benzene rings is 1. The number of rotatable bonds is 7. The first kappa shape index (κ1) is 25.6. The lowest BCUT2D eigenvalue weighted by Crippen LogP contribution is -2.29. The second-order valence-corrected chi connectivity index (χ2v) is 8.53. The fraction of sp³-hybridized carbons (Fsp3) is 0.478. The predicted molar refractivity (Wildman–Crippen MR) is 112 cm³/mol. The van der Waals surface area contributed by atoms with Crippen molar-refractivity contribution < 1.29 is 34.6 Å². The fourth-order valence-electron chi connectivity index (χ4n) is 2.96. The average molecular weight is 421 g/mol. The lowest BCUT2D eigenvalue weighted by Gasteiger charge is -2.27. The van der Waals surface area contributed by atoms with Crippen LogP contribution in [-0.2, 0) is 19.6 Å². The van der Waals surface area contributed by atoms with Crippen LogP contribution in [0.4, 0.5) is 0 Å². The Balaban J connectivity index is 0.000000346. The van der Waals surface area contributed by atoms with Crippen LogP contribution in [0.25, 0.3) is 0 Å². The van der Waals surface area contributed by atoms with Gasteiger partial charge in [0.2, 0.25) is 0 Å². The van der Waals surface area contributed by atoms with Crippen LogP contribution in [-0.4, -0.2) is 33.9 Å². The van der Waals surface area contributed by atoms with Gasteiger partial charge >= 0.3 is 11.9 Å². The summed E-state index contributed by atoms with van der Waals surface area (Å²) in [6.45, 7) is 10.7. The summed E-state index contributed by atoms with van der Waals surface area (Å²) in [7, 11) is 0. The maximum Gasteiger partial charge on any atom is 0.376 e. The smallest absolute Gasteiger partial charge is 0.376 e. The largest absolute Gasteiger partial charge is 0.481 e. The highest BCUT2D eigenvalue weighted by Crippen LogP contribution is 2.32. The number of carboxylic acid groups (broad SMARTS) is 1.